The number of hydrogen-bond acceptors (Lipinski definition) is 3. The molecule has 0 bridgehead atoms. The Kier molecular flexibility index (Phi) is 7.09. The Balaban J connectivity index is 1.59. The molecule has 1 aromatic heterocycles. The van der Waals surface area contributed by atoms with E-state index in [1.807, 2.05) is 16.9 Å². The Bertz CT molecular complexity index is 910. The molecule has 0 radical (unpaired) electrons. The molecule has 6 heteroatoms. The molecule has 1 amide bonds. The van der Waals surface area contributed by atoms with Gasteiger partial charge in [-0.2, -0.15) is 5.10 Å². The zero-order valence-electron chi connectivity index (χ0n) is 15.9. The molecule has 28 heavy (non-hydrogen) atoms. The maximum Gasteiger partial charge on any atom is 0.252 e. The first-order chi connectivity index (χ1) is 13.7. The fourth-order valence-electron chi connectivity index (χ4n) is 2.95. The van der Waals surface area contributed by atoms with Crippen molar-refractivity contribution >= 4 is 17.5 Å². The summed E-state index contributed by atoms with van der Waals surface area (Å²) in [5.74, 6) is 0.661. The molecular formula is C22H24ClN3O2. The summed E-state index contributed by atoms with van der Waals surface area (Å²) in [7, 11) is 0. The molecule has 1 heterocycles. The van der Waals surface area contributed by atoms with Crippen molar-refractivity contribution < 1.29 is 9.53 Å². The van der Waals surface area contributed by atoms with E-state index in [-0.39, 0.29) is 5.91 Å². The maximum atomic E-state index is 12.2. The smallest absolute Gasteiger partial charge is 0.252 e. The van der Waals surface area contributed by atoms with E-state index < -0.39 is 0 Å². The molecule has 2 aromatic carbocycles. The van der Waals surface area contributed by atoms with Crippen molar-refractivity contribution in [2.45, 2.75) is 26.3 Å². The Hall–Kier alpha value is -2.79. The van der Waals surface area contributed by atoms with Gasteiger partial charge >= 0.3 is 0 Å². The van der Waals surface area contributed by atoms with Gasteiger partial charge in [-0.25, -0.2) is 0 Å². The van der Waals surface area contributed by atoms with Gasteiger partial charge in [-0.1, -0.05) is 49.2 Å². The van der Waals surface area contributed by atoms with Gasteiger partial charge in [-0.3, -0.25) is 9.48 Å². The first kappa shape index (κ1) is 20.0. The van der Waals surface area contributed by atoms with Gasteiger partial charge in [0.1, 0.15) is 12.4 Å². The van der Waals surface area contributed by atoms with Crippen molar-refractivity contribution in [1.29, 1.82) is 0 Å². The van der Waals surface area contributed by atoms with Crippen molar-refractivity contribution in [1.82, 2.24) is 15.1 Å². The molecular weight excluding hydrogens is 374 g/mol. The molecule has 0 saturated carbocycles. The predicted octanol–water partition coefficient (Wildman–Crippen LogP) is 4.35. The summed E-state index contributed by atoms with van der Waals surface area (Å²) >= 11 is 6.06. The van der Waals surface area contributed by atoms with Crippen molar-refractivity contribution in [3.05, 3.63) is 82.6 Å². The van der Waals surface area contributed by atoms with Gasteiger partial charge in [-0.15, -0.1) is 0 Å². The topological polar surface area (TPSA) is 56.1 Å². The highest BCUT2D eigenvalue weighted by Gasteiger charge is 2.10. The van der Waals surface area contributed by atoms with Gasteiger partial charge in [0.05, 0.1) is 23.7 Å². The number of halogens is 1. The molecule has 0 saturated heterocycles. The first-order valence-electron chi connectivity index (χ1n) is 9.42. The summed E-state index contributed by atoms with van der Waals surface area (Å²) < 4.78 is 7.87. The highest BCUT2D eigenvalue weighted by atomic mass is 35.5. The summed E-state index contributed by atoms with van der Waals surface area (Å²) in [6, 6.07) is 15.2. The zero-order chi connectivity index (χ0) is 19.8. The lowest BCUT2D eigenvalue weighted by Gasteiger charge is -2.14. The van der Waals surface area contributed by atoms with Crippen molar-refractivity contribution in [2.75, 3.05) is 13.2 Å². The molecule has 0 aliphatic carbocycles. The minimum absolute atomic E-state index is 0.199. The number of ether oxygens (including phenoxy) is 1. The molecule has 1 N–H and O–H groups in total. The number of nitrogens with one attached hydrogen (secondary N) is 1. The van der Waals surface area contributed by atoms with Crippen LogP contribution in [-0.4, -0.2) is 28.8 Å². The van der Waals surface area contributed by atoms with Crippen LogP contribution in [-0.2, 0) is 13.0 Å². The highest BCUT2D eigenvalue weighted by Crippen LogP contribution is 2.23. The van der Waals surface area contributed by atoms with Gasteiger partial charge in [0.15, 0.2) is 0 Å². The van der Waals surface area contributed by atoms with Crippen LogP contribution in [0.1, 0.15) is 34.8 Å². The quantitative estimate of drug-likeness (QED) is 0.546. The van der Waals surface area contributed by atoms with Crippen LogP contribution in [0.5, 0.6) is 5.75 Å². The van der Waals surface area contributed by atoms with E-state index >= 15 is 0 Å². The second kappa shape index (κ2) is 9.95. The van der Waals surface area contributed by atoms with Crippen LogP contribution in [0.15, 0.2) is 60.9 Å². The van der Waals surface area contributed by atoms with Crippen LogP contribution in [0.25, 0.3) is 0 Å². The van der Waals surface area contributed by atoms with Crippen molar-refractivity contribution in [3.63, 3.8) is 0 Å². The van der Waals surface area contributed by atoms with E-state index in [4.69, 9.17) is 16.3 Å². The molecule has 0 aliphatic heterocycles. The number of benzene rings is 2. The number of aryl methyl sites for hydroxylation is 1. The predicted molar refractivity (Wildman–Crippen MR) is 111 cm³/mol. The fraction of sp³-hybridized carbons (Fsp3) is 0.273. The Morgan fingerprint density at radius 2 is 2.07 bits per heavy atom. The van der Waals surface area contributed by atoms with Gasteiger partial charge in [0.25, 0.3) is 5.91 Å². The molecule has 0 unspecified atom stereocenters. The number of carbonyl (C=O) groups excluding carboxylic acids is 1. The fourth-order valence-corrected chi connectivity index (χ4v) is 3.18. The van der Waals surface area contributed by atoms with Crippen LogP contribution in [0, 0.1) is 0 Å². The molecule has 5 nitrogen and oxygen atoms in total. The number of amides is 1. The zero-order valence-corrected chi connectivity index (χ0v) is 16.7. The minimum atomic E-state index is -0.199. The first-order valence-corrected chi connectivity index (χ1v) is 9.80. The number of hydrogen-bond donors (Lipinski definition) is 1. The summed E-state index contributed by atoms with van der Waals surface area (Å²) in [6.07, 6.45) is 5.69. The van der Waals surface area contributed by atoms with E-state index in [9.17, 15) is 4.79 Å². The van der Waals surface area contributed by atoms with Gasteiger partial charge < -0.3 is 10.1 Å². The third-order valence-corrected chi connectivity index (χ3v) is 4.65. The molecule has 3 rings (SSSR count). The molecule has 0 aliphatic rings. The number of nitrogens with zero attached hydrogens (tertiary/aromatic N) is 2. The van der Waals surface area contributed by atoms with Gasteiger partial charge in [0, 0.05) is 12.4 Å². The number of carbonyl (C=O) groups is 1. The summed E-state index contributed by atoms with van der Waals surface area (Å²) in [4.78, 5) is 12.2. The van der Waals surface area contributed by atoms with Gasteiger partial charge in [0.2, 0.25) is 0 Å². The standard InChI is InChI=1S/C22H24ClN3O2/c1-2-6-18-10-9-17(16-26-13-5-11-25-26)15-21(18)28-14-12-24-22(27)19-7-3-4-8-20(19)23/h3-5,7-11,13,15H,2,6,12,14,16H2,1H3,(H,24,27). The molecule has 0 atom stereocenters. The van der Waals surface area contributed by atoms with E-state index in [1.165, 1.54) is 5.56 Å². The van der Waals surface area contributed by atoms with Crippen LogP contribution in [0.3, 0.4) is 0 Å². The Morgan fingerprint density at radius 1 is 1.21 bits per heavy atom. The second-order valence-corrected chi connectivity index (χ2v) is 6.89. The maximum absolute atomic E-state index is 12.2. The van der Waals surface area contributed by atoms with Crippen LogP contribution < -0.4 is 10.1 Å². The number of aromatic nitrogens is 2. The molecule has 3 aromatic rings. The van der Waals surface area contributed by atoms with Crippen LogP contribution >= 0.6 is 11.6 Å². The Labute approximate surface area is 170 Å². The van der Waals surface area contributed by atoms with Crippen LogP contribution in [0.2, 0.25) is 5.02 Å². The highest BCUT2D eigenvalue weighted by molar-refractivity contribution is 6.33. The molecule has 146 valence electrons. The van der Waals surface area contributed by atoms with E-state index in [2.05, 4.69) is 35.5 Å². The van der Waals surface area contributed by atoms with E-state index in [1.54, 1.807) is 30.5 Å². The molecule has 0 spiro atoms. The lowest BCUT2D eigenvalue weighted by atomic mass is 10.1. The third-order valence-electron chi connectivity index (χ3n) is 4.32. The SMILES string of the molecule is CCCc1ccc(Cn2cccn2)cc1OCCNC(=O)c1ccccc1Cl. The van der Waals surface area contributed by atoms with Crippen molar-refractivity contribution in [3.8, 4) is 5.75 Å². The minimum Gasteiger partial charge on any atom is -0.491 e. The number of rotatable bonds is 9. The summed E-state index contributed by atoms with van der Waals surface area (Å²) in [5.41, 5.74) is 2.76. The average Bonchev–Trinajstić information content (AvgIpc) is 3.20. The lowest BCUT2D eigenvalue weighted by molar-refractivity contribution is 0.0947. The van der Waals surface area contributed by atoms with Crippen LogP contribution in [0.4, 0.5) is 0 Å². The molecule has 0 fully saturated rings. The van der Waals surface area contributed by atoms with Gasteiger partial charge in [-0.05, 0) is 41.8 Å². The van der Waals surface area contributed by atoms with E-state index in [0.29, 0.717) is 30.3 Å². The third kappa shape index (κ3) is 5.36. The van der Waals surface area contributed by atoms with E-state index in [0.717, 1.165) is 24.2 Å². The lowest BCUT2D eigenvalue weighted by Crippen LogP contribution is -2.28. The second-order valence-electron chi connectivity index (χ2n) is 6.48. The van der Waals surface area contributed by atoms with Crippen molar-refractivity contribution in [2.24, 2.45) is 0 Å². The largest absolute Gasteiger partial charge is 0.491 e. The normalized spacial score (nSPS) is 10.6. The summed E-state index contributed by atoms with van der Waals surface area (Å²) in [5, 5.41) is 7.54. The summed E-state index contributed by atoms with van der Waals surface area (Å²) in [6.45, 7) is 3.63. The Morgan fingerprint density at radius 3 is 2.82 bits per heavy atom. The average molecular weight is 398 g/mol. The monoisotopic (exact) mass is 397 g/mol.